The first kappa shape index (κ1) is 66.3. The number of hydrogen-bond donors (Lipinski definition) is 2. The molecule has 1 saturated heterocycles. The molecule has 0 aliphatic carbocycles. The van der Waals surface area contributed by atoms with Crippen LogP contribution >= 0.6 is 11.1 Å². The fourth-order valence-electron chi connectivity index (χ4n) is 2.68. The van der Waals surface area contributed by atoms with Crippen molar-refractivity contribution in [3.8, 4) is 0 Å². The van der Waals surface area contributed by atoms with Crippen molar-refractivity contribution >= 4 is 62.6 Å². The van der Waals surface area contributed by atoms with E-state index < -0.39 is 88.1 Å². The number of carbonyl (C=O) groups is 6. The minimum atomic E-state index is -2.04. The molecule has 21 heteroatoms. The number of cyclic esters (lactones) is 2. The summed E-state index contributed by atoms with van der Waals surface area (Å²) >= 11 is 6.15. The average molecular weight is 910 g/mol. The van der Waals surface area contributed by atoms with Crippen molar-refractivity contribution in [1.29, 1.82) is 0 Å². The number of esters is 6. The van der Waals surface area contributed by atoms with Crippen LogP contribution in [0.1, 0.15) is 104 Å². The molecule has 0 bridgehead atoms. The third kappa shape index (κ3) is 32.0. The molecule has 1 fully saturated rings. The molecule has 346 valence electrons. The number of H-pyrrole nitrogens is 1. The Morgan fingerprint density at radius 3 is 1.37 bits per heavy atom. The van der Waals surface area contributed by atoms with E-state index in [-0.39, 0.29) is 43.7 Å². The van der Waals surface area contributed by atoms with Crippen LogP contribution in [0.15, 0.2) is 18.7 Å². The Bertz CT molecular complexity index is 1300. The number of aromatic nitrogens is 2. The minimum Gasteiger partial charge on any atom is -0.855 e. The van der Waals surface area contributed by atoms with Gasteiger partial charge in [0.1, 0.15) is 12.2 Å². The Hall–Kier alpha value is -2.77. The van der Waals surface area contributed by atoms with E-state index in [1.807, 2.05) is 0 Å². The van der Waals surface area contributed by atoms with Gasteiger partial charge in [0, 0.05) is 12.4 Å². The SMILES string of the molecule is CC(C)(C)[Si](C)(C)Cl.CCOC(=O)[C@H](C)OC(=O)[C@@H](C)O[Si](C)(C)C(C)(C)C.CCOC(=O)[C@H](C)OC(=O)[C@H](C)O.CC[O-].C[C@@H]1OC(=O)[C@H](C)OC1=O.[Li+].c1c[nH]cn1. The van der Waals surface area contributed by atoms with Gasteiger partial charge in [-0.2, -0.15) is 11.1 Å². The average Bonchev–Trinajstić information content (AvgIpc) is 3.68. The van der Waals surface area contributed by atoms with Crippen LogP contribution in [0.3, 0.4) is 0 Å². The summed E-state index contributed by atoms with van der Waals surface area (Å²) in [4.78, 5) is 72.8. The topological polar surface area (TPSA) is 239 Å². The summed E-state index contributed by atoms with van der Waals surface area (Å²) in [5.74, 6) is -3.48. The molecule has 60 heavy (non-hydrogen) atoms. The Morgan fingerprint density at radius 2 is 1.13 bits per heavy atom. The van der Waals surface area contributed by atoms with Crippen LogP contribution in [0, 0.1) is 0 Å². The van der Waals surface area contributed by atoms with Gasteiger partial charge in [0.15, 0.2) is 40.1 Å². The first-order valence-corrected chi connectivity index (χ1v) is 26.3. The Morgan fingerprint density at radius 1 is 0.783 bits per heavy atom. The molecule has 2 N–H and O–H groups in total. The second-order valence-corrected chi connectivity index (χ2v) is 27.8. The van der Waals surface area contributed by atoms with Crippen LogP contribution in [0.25, 0.3) is 0 Å². The van der Waals surface area contributed by atoms with E-state index in [0.29, 0.717) is 5.04 Å². The van der Waals surface area contributed by atoms with Crippen LogP contribution in [0.5, 0.6) is 0 Å². The molecule has 1 aliphatic heterocycles. The maximum atomic E-state index is 11.9. The van der Waals surface area contributed by atoms with Gasteiger partial charge in [-0.1, -0.05) is 61.6 Å². The summed E-state index contributed by atoms with van der Waals surface area (Å²) in [6.07, 6.45) is -0.202. The molecule has 0 radical (unpaired) electrons. The van der Waals surface area contributed by atoms with Gasteiger partial charge in [-0.3, -0.25) is 0 Å². The maximum absolute atomic E-state index is 11.9. The van der Waals surface area contributed by atoms with Crippen LogP contribution < -0.4 is 24.0 Å². The molecule has 2 rings (SSSR count). The molecule has 0 spiro atoms. The van der Waals surface area contributed by atoms with Gasteiger partial charge in [-0.25, -0.2) is 33.8 Å². The van der Waals surface area contributed by atoms with Gasteiger partial charge in [-0.15, -0.1) is 6.61 Å². The third-order valence-corrected chi connectivity index (χ3v) is 18.0. The van der Waals surface area contributed by atoms with E-state index in [0.717, 1.165) is 0 Å². The largest absolute Gasteiger partial charge is 1.00 e. The number of aliphatic hydroxyl groups excluding tert-OH is 1. The van der Waals surface area contributed by atoms with Crippen molar-refractivity contribution in [3.63, 3.8) is 0 Å². The summed E-state index contributed by atoms with van der Waals surface area (Å²) < 4.78 is 34.1. The standard InChI is InChI=1S/C14H28O5Si.C8H14O5.C6H15ClSi.C6H8O4.C3H4N2.C2H5O.Li/c1-9-17-12(15)10(2)18-13(16)11(3)19-20(7,8)14(4,5)6;1-4-12-8(11)6(3)13-7(10)5(2)9;1-6(2,3)8(4,5)7;1-3-5(7)10-4(2)6(8)9-3;1-2-5-3-4-1;1-2-3;/h10-11H,9H2,1-8H3;5-6,9H,4H2,1-3H3;1-5H3;3-4H,1-2H3;1-3H,(H,4,5);2H2,1H3;/q;;;;;-1;+1/t10-,11+;5-,6-;;3-,4-;;;/m00.0.../s1. The van der Waals surface area contributed by atoms with Gasteiger partial charge in [0.25, 0.3) is 0 Å². The second-order valence-electron chi connectivity index (χ2n) is 15.8. The molecular formula is C39H74ClLiN2O15Si2. The molecule has 2 heterocycles. The number of aliphatic hydroxyl groups is 1. The third-order valence-electron chi connectivity index (χ3n) is 8.21. The number of halogens is 1. The van der Waals surface area contributed by atoms with Crippen LogP contribution in [-0.2, 0) is 61.6 Å². The molecule has 1 aromatic heterocycles. The van der Waals surface area contributed by atoms with Crippen molar-refractivity contribution in [2.45, 2.75) is 177 Å². The summed E-state index contributed by atoms with van der Waals surface area (Å²) in [6, 6.07) is 0. The maximum Gasteiger partial charge on any atom is 1.00 e. The van der Waals surface area contributed by atoms with Crippen molar-refractivity contribution in [1.82, 2.24) is 9.97 Å². The van der Waals surface area contributed by atoms with Crippen molar-refractivity contribution < 1.29 is 90.7 Å². The van der Waals surface area contributed by atoms with Gasteiger partial charge >= 0.3 is 54.7 Å². The molecular weight excluding hydrogens is 835 g/mol. The van der Waals surface area contributed by atoms with Crippen LogP contribution in [0.4, 0.5) is 0 Å². The van der Waals surface area contributed by atoms with E-state index in [2.05, 4.69) is 96.6 Å². The summed E-state index contributed by atoms with van der Waals surface area (Å²) in [6.45, 7) is 35.5. The minimum absolute atomic E-state index is 0. The Kier molecular flexibility index (Phi) is 36.3. The molecule has 0 aromatic carbocycles. The molecule has 0 amide bonds. The zero-order chi connectivity index (χ0) is 47.5. The number of nitrogens with zero attached hydrogens (tertiary/aromatic N) is 1. The van der Waals surface area contributed by atoms with Gasteiger partial charge < -0.3 is 48.0 Å². The number of carbonyl (C=O) groups excluding carboxylic acids is 6. The molecule has 1 aromatic rings. The number of imidazole rings is 1. The zero-order valence-corrected chi connectivity index (χ0v) is 42.6. The molecule has 0 saturated carbocycles. The zero-order valence-electron chi connectivity index (χ0n) is 39.8. The second kappa shape index (κ2) is 32.9. The number of aromatic amines is 1. The van der Waals surface area contributed by atoms with Gasteiger partial charge in [0.05, 0.1) is 19.5 Å². The normalized spacial score (nSPS) is 16.6. The quantitative estimate of drug-likeness (QED) is 0.149. The molecule has 1 aliphatic rings. The van der Waals surface area contributed by atoms with E-state index in [1.165, 1.54) is 34.6 Å². The number of nitrogens with one attached hydrogen (secondary N) is 1. The summed E-state index contributed by atoms with van der Waals surface area (Å²) in [7, 11) is -3.43. The predicted molar refractivity (Wildman–Crippen MR) is 227 cm³/mol. The smallest absolute Gasteiger partial charge is 0.855 e. The fourth-order valence-corrected chi connectivity index (χ4v) is 4.01. The van der Waals surface area contributed by atoms with Gasteiger partial charge in [-0.05, 0) is 78.6 Å². The van der Waals surface area contributed by atoms with E-state index >= 15 is 0 Å². The number of ether oxygens (including phenoxy) is 6. The monoisotopic (exact) mass is 908 g/mol. The van der Waals surface area contributed by atoms with Crippen molar-refractivity contribution in [3.05, 3.63) is 18.7 Å². The van der Waals surface area contributed by atoms with E-state index in [9.17, 15) is 28.8 Å². The molecule has 17 nitrogen and oxygen atoms in total. The number of rotatable bonds is 10. The van der Waals surface area contributed by atoms with Crippen molar-refractivity contribution in [2.75, 3.05) is 19.8 Å². The van der Waals surface area contributed by atoms with Crippen LogP contribution in [-0.4, -0.2) is 123 Å². The summed E-state index contributed by atoms with van der Waals surface area (Å²) in [5.41, 5.74) is 0. The molecule has 0 unspecified atom stereocenters. The molecule has 6 atom stereocenters. The first-order chi connectivity index (χ1) is 26.7. The summed E-state index contributed by atoms with van der Waals surface area (Å²) in [5, 5.41) is 18.0. The number of hydrogen-bond acceptors (Lipinski definition) is 16. The van der Waals surface area contributed by atoms with Gasteiger partial charge in [0.2, 0.25) is 0 Å². The van der Waals surface area contributed by atoms with Crippen molar-refractivity contribution in [2.24, 2.45) is 0 Å². The van der Waals surface area contributed by atoms with Crippen LogP contribution in [0.2, 0.25) is 36.3 Å². The first-order valence-electron chi connectivity index (χ1n) is 19.4. The fraction of sp³-hybridized carbons (Fsp3) is 0.769. The predicted octanol–water partition coefficient (Wildman–Crippen LogP) is 2.63. The Labute approximate surface area is 377 Å². The Balaban J connectivity index is -0.000000218. The van der Waals surface area contributed by atoms with E-state index in [4.69, 9.17) is 35.2 Å². The van der Waals surface area contributed by atoms with E-state index in [1.54, 1.807) is 46.4 Å².